The molecule has 0 bridgehead atoms. The topological polar surface area (TPSA) is 96.8 Å². The van der Waals surface area contributed by atoms with Crippen LogP contribution < -0.4 is 9.47 Å². The highest BCUT2D eigenvalue weighted by Crippen LogP contribution is 2.34. The summed E-state index contributed by atoms with van der Waals surface area (Å²) in [5.74, 6) is -1.81. The van der Waals surface area contributed by atoms with Crippen molar-refractivity contribution in [1.29, 1.82) is 0 Å². The molecule has 0 fully saturated rings. The zero-order valence-corrected chi connectivity index (χ0v) is 31.9. The van der Waals surface area contributed by atoms with Gasteiger partial charge >= 0.3 is 24.3 Å². The largest absolute Gasteiger partial charge is 0.490 e. The lowest BCUT2D eigenvalue weighted by molar-refractivity contribution is -0.176. The van der Waals surface area contributed by atoms with E-state index in [1.165, 1.54) is 12.1 Å². The monoisotopic (exact) mass is 828 g/mol. The third-order valence-corrected chi connectivity index (χ3v) is 9.30. The molecule has 14 heteroatoms. The number of carbonyl (C=O) groups is 2. The number of aromatic nitrogens is 2. The van der Waals surface area contributed by atoms with E-state index in [1.54, 1.807) is 97.6 Å². The summed E-state index contributed by atoms with van der Waals surface area (Å²) < 4.78 is 103. The molecule has 0 spiro atoms. The molecule has 0 unspecified atom stereocenters. The van der Waals surface area contributed by atoms with Crippen LogP contribution in [0.25, 0.3) is 22.3 Å². The predicted octanol–water partition coefficient (Wildman–Crippen LogP) is 10.4. The maximum Gasteiger partial charge on any atom is 0.417 e. The highest BCUT2D eigenvalue weighted by atomic mass is 19.4. The van der Waals surface area contributed by atoms with Crippen molar-refractivity contribution in [3.05, 3.63) is 168 Å². The molecule has 0 amide bonds. The maximum atomic E-state index is 13.3. The number of rotatable bonds is 16. The Bertz CT molecular complexity index is 2140. The molecule has 2 aromatic heterocycles. The lowest BCUT2D eigenvalue weighted by atomic mass is 10.0. The minimum atomic E-state index is -4.49. The van der Waals surface area contributed by atoms with Crippen molar-refractivity contribution in [3.8, 4) is 33.8 Å². The smallest absolute Gasteiger partial charge is 0.417 e. The summed E-state index contributed by atoms with van der Waals surface area (Å²) in [4.78, 5) is 34.7. The van der Waals surface area contributed by atoms with Gasteiger partial charge in [0.1, 0.15) is 36.9 Å². The lowest BCUT2D eigenvalue weighted by Gasteiger charge is -2.21. The molecule has 2 atom stereocenters. The standard InChI is InChI=1S/C46H38F6N2O6/c47-45(48,49)37-9-1-7-35(25-37)33-13-19-39(20-14-33)57-29-41(17-11-31-5-3-23-53-27-31)59-43(55)44(56)60-42(18-12-32-6-4-24-54-28-32)30-58-40-21-15-34(16-22-40)36-8-2-10-38(26-36)46(50,51)52/h1-10,13-16,19-28,41-42H,11-12,17-18,29-30H2/t41-,42-/m1/s1. The molecule has 0 radical (unpaired) electrons. The van der Waals surface area contributed by atoms with Crippen molar-refractivity contribution >= 4 is 11.9 Å². The summed E-state index contributed by atoms with van der Waals surface area (Å²) in [6.07, 6.45) is -2.92. The van der Waals surface area contributed by atoms with Gasteiger partial charge in [-0.2, -0.15) is 26.3 Å². The van der Waals surface area contributed by atoms with Crippen LogP contribution >= 0.6 is 0 Å². The first kappa shape index (κ1) is 42.9. The highest BCUT2D eigenvalue weighted by molar-refractivity contribution is 6.29. The van der Waals surface area contributed by atoms with Gasteiger partial charge < -0.3 is 18.9 Å². The molecule has 2 heterocycles. The summed E-state index contributed by atoms with van der Waals surface area (Å²) in [5, 5.41) is 0. The second-order valence-corrected chi connectivity index (χ2v) is 13.7. The van der Waals surface area contributed by atoms with Gasteiger partial charge in [0, 0.05) is 24.8 Å². The summed E-state index contributed by atoms with van der Waals surface area (Å²) in [6, 6.07) is 29.9. The van der Waals surface area contributed by atoms with E-state index in [4.69, 9.17) is 18.9 Å². The van der Waals surface area contributed by atoms with E-state index in [2.05, 4.69) is 9.97 Å². The summed E-state index contributed by atoms with van der Waals surface area (Å²) in [7, 11) is 0. The number of aryl methyl sites for hydroxylation is 2. The Kier molecular flexibility index (Phi) is 14.2. The molecule has 0 saturated heterocycles. The SMILES string of the molecule is O=C(O[C@H](CCc1cccnc1)COc1ccc(-c2cccc(C(F)(F)F)c2)cc1)C(=O)O[C@H](CCc1cccnc1)COc1ccc(-c2cccc(C(F)(F)F)c2)cc1. The van der Waals surface area contributed by atoms with Gasteiger partial charge in [0.2, 0.25) is 0 Å². The maximum absolute atomic E-state index is 13.3. The van der Waals surface area contributed by atoms with Gasteiger partial charge in [0.05, 0.1) is 11.1 Å². The zero-order chi connectivity index (χ0) is 42.5. The van der Waals surface area contributed by atoms with Gasteiger partial charge in [-0.25, -0.2) is 9.59 Å². The molecule has 4 aromatic carbocycles. The zero-order valence-electron chi connectivity index (χ0n) is 31.9. The number of esters is 2. The van der Waals surface area contributed by atoms with Crippen LogP contribution in [0, 0.1) is 0 Å². The Morgan fingerprint density at radius 2 is 0.900 bits per heavy atom. The molecule has 310 valence electrons. The number of nitrogens with zero attached hydrogens (tertiary/aromatic N) is 2. The Balaban J connectivity index is 1.10. The number of ether oxygens (including phenoxy) is 4. The molecule has 6 rings (SSSR count). The quantitative estimate of drug-likeness (QED) is 0.0541. The summed E-state index contributed by atoms with van der Waals surface area (Å²) >= 11 is 0. The van der Waals surface area contributed by atoms with Gasteiger partial charge in [-0.05, 0) is 120 Å². The van der Waals surface area contributed by atoms with Crippen LogP contribution in [0.3, 0.4) is 0 Å². The molecule has 60 heavy (non-hydrogen) atoms. The van der Waals surface area contributed by atoms with E-state index < -0.39 is 47.6 Å². The van der Waals surface area contributed by atoms with Gasteiger partial charge in [-0.1, -0.05) is 60.7 Å². The fraction of sp³-hybridized carbons (Fsp3) is 0.217. The van der Waals surface area contributed by atoms with Gasteiger partial charge in [-0.3, -0.25) is 9.97 Å². The first-order valence-electron chi connectivity index (χ1n) is 18.8. The third-order valence-electron chi connectivity index (χ3n) is 9.30. The van der Waals surface area contributed by atoms with Crippen LogP contribution in [-0.4, -0.2) is 47.3 Å². The number of hydrogen-bond acceptors (Lipinski definition) is 8. The molecule has 0 aliphatic rings. The van der Waals surface area contributed by atoms with Crippen LogP contribution in [0.4, 0.5) is 26.3 Å². The predicted molar refractivity (Wildman–Crippen MR) is 210 cm³/mol. The van der Waals surface area contributed by atoms with E-state index in [1.807, 2.05) is 12.1 Å². The molecular formula is C46H38F6N2O6. The first-order valence-corrected chi connectivity index (χ1v) is 18.8. The molecular weight excluding hydrogens is 791 g/mol. The van der Waals surface area contributed by atoms with Crippen molar-refractivity contribution in [1.82, 2.24) is 9.97 Å². The fourth-order valence-electron chi connectivity index (χ4n) is 6.11. The van der Waals surface area contributed by atoms with E-state index in [-0.39, 0.29) is 26.1 Å². The van der Waals surface area contributed by atoms with Crippen LogP contribution in [0.1, 0.15) is 35.1 Å². The van der Waals surface area contributed by atoms with Gasteiger partial charge in [0.25, 0.3) is 0 Å². The first-order chi connectivity index (χ1) is 28.8. The van der Waals surface area contributed by atoms with Gasteiger partial charge in [-0.15, -0.1) is 0 Å². The number of hydrogen-bond donors (Lipinski definition) is 0. The summed E-state index contributed by atoms with van der Waals surface area (Å²) in [6.45, 7) is -0.321. The number of carbonyl (C=O) groups excluding carboxylic acids is 2. The van der Waals surface area contributed by atoms with E-state index in [0.29, 0.717) is 46.6 Å². The molecule has 0 aliphatic heterocycles. The molecule has 8 nitrogen and oxygen atoms in total. The van der Waals surface area contributed by atoms with Gasteiger partial charge in [0.15, 0.2) is 0 Å². The molecule has 0 N–H and O–H groups in total. The highest BCUT2D eigenvalue weighted by Gasteiger charge is 2.32. The van der Waals surface area contributed by atoms with E-state index in [9.17, 15) is 35.9 Å². The average Bonchev–Trinajstić information content (AvgIpc) is 3.26. The van der Waals surface area contributed by atoms with Crippen LogP contribution in [0.2, 0.25) is 0 Å². The Labute approximate surface area is 341 Å². The minimum Gasteiger partial charge on any atom is -0.490 e. The van der Waals surface area contributed by atoms with E-state index in [0.717, 1.165) is 35.4 Å². The molecule has 0 saturated carbocycles. The van der Waals surface area contributed by atoms with Crippen molar-refractivity contribution < 1.29 is 54.9 Å². The number of halogens is 6. The average molecular weight is 829 g/mol. The van der Waals surface area contributed by atoms with Crippen LogP contribution in [0.15, 0.2) is 146 Å². The number of alkyl halides is 6. The summed E-state index contributed by atoms with van der Waals surface area (Å²) in [5.41, 5.74) is 1.96. The Hall–Kier alpha value is -6.70. The Morgan fingerprint density at radius 3 is 1.25 bits per heavy atom. The van der Waals surface area contributed by atoms with Crippen molar-refractivity contribution in [2.45, 2.75) is 50.2 Å². The van der Waals surface area contributed by atoms with Crippen molar-refractivity contribution in [2.75, 3.05) is 13.2 Å². The third kappa shape index (κ3) is 12.6. The fourth-order valence-corrected chi connectivity index (χ4v) is 6.11. The normalized spacial score (nSPS) is 12.6. The number of benzene rings is 4. The van der Waals surface area contributed by atoms with E-state index >= 15 is 0 Å². The molecule has 0 aliphatic carbocycles. The van der Waals surface area contributed by atoms with Crippen LogP contribution in [0.5, 0.6) is 11.5 Å². The minimum absolute atomic E-state index is 0.160. The van der Waals surface area contributed by atoms with Crippen molar-refractivity contribution in [3.63, 3.8) is 0 Å². The second-order valence-electron chi connectivity index (χ2n) is 13.7. The second kappa shape index (κ2) is 19.8. The Morgan fingerprint density at radius 1 is 0.500 bits per heavy atom. The molecule has 6 aromatic rings. The lowest BCUT2D eigenvalue weighted by Crippen LogP contribution is -2.34. The van der Waals surface area contributed by atoms with Crippen molar-refractivity contribution in [2.24, 2.45) is 0 Å². The number of pyridine rings is 2. The van der Waals surface area contributed by atoms with Crippen LogP contribution in [-0.2, 0) is 44.3 Å².